The number of hydrogen-bond acceptors (Lipinski definition) is 6. The van der Waals surface area contributed by atoms with Crippen LogP contribution in [0, 0.1) is 10.7 Å². The Morgan fingerprint density at radius 1 is 1.37 bits per heavy atom. The van der Waals surface area contributed by atoms with Crippen LogP contribution in [0.15, 0.2) is 35.8 Å². The zero-order valence-electron chi connectivity index (χ0n) is 16.8. The quantitative estimate of drug-likeness (QED) is 0.489. The van der Waals surface area contributed by atoms with Crippen molar-refractivity contribution in [3.63, 3.8) is 0 Å². The lowest BCUT2D eigenvalue weighted by Gasteiger charge is -2.22. The average Bonchev–Trinajstić information content (AvgIpc) is 3.43. The number of H-pyrrole nitrogens is 1. The van der Waals surface area contributed by atoms with Crippen molar-refractivity contribution in [3.8, 4) is 16.5 Å². The number of ether oxygens (including phenoxy) is 1. The van der Waals surface area contributed by atoms with Gasteiger partial charge in [-0.25, -0.2) is 4.98 Å². The molecular formula is C21H25N5O2S2. The van der Waals surface area contributed by atoms with E-state index < -0.39 is 6.04 Å². The minimum atomic E-state index is -0.568. The maximum absolute atomic E-state index is 13.0. The highest BCUT2D eigenvalue weighted by Crippen LogP contribution is 2.29. The third-order valence-corrected chi connectivity index (χ3v) is 6.58. The molecule has 1 aliphatic rings. The van der Waals surface area contributed by atoms with Crippen molar-refractivity contribution < 1.29 is 9.53 Å². The Bertz CT molecular complexity index is 1040. The number of thiophene rings is 1. The summed E-state index contributed by atoms with van der Waals surface area (Å²) in [6, 6.07) is 6.98. The van der Waals surface area contributed by atoms with Crippen LogP contribution in [0.1, 0.15) is 45.1 Å². The van der Waals surface area contributed by atoms with E-state index in [1.165, 1.54) is 32.1 Å². The molecule has 30 heavy (non-hydrogen) atoms. The number of hydrogen-bond donors (Lipinski definition) is 2. The van der Waals surface area contributed by atoms with Gasteiger partial charge in [-0.3, -0.25) is 14.5 Å². The van der Waals surface area contributed by atoms with Gasteiger partial charge in [0, 0.05) is 6.20 Å². The molecular weight excluding hydrogens is 418 g/mol. The van der Waals surface area contributed by atoms with Crippen LogP contribution in [0.25, 0.3) is 10.7 Å². The Labute approximate surface area is 184 Å². The van der Waals surface area contributed by atoms with Crippen LogP contribution >= 0.6 is 23.6 Å². The maximum Gasteiger partial charge on any atom is 0.248 e. The summed E-state index contributed by atoms with van der Waals surface area (Å²) in [5.41, 5.74) is 0. The van der Waals surface area contributed by atoms with Gasteiger partial charge in [0.25, 0.3) is 0 Å². The van der Waals surface area contributed by atoms with E-state index in [9.17, 15) is 4.79 Å². The van der Waals surface area contributed by atoms with Crippen LogP contribution in [0.3, 0.4) is 0 Å². The second kappa shape index (κ2) is 9.53. The number of carbonyl (C=O) groups excluding carboxylic acids is 1. The third-order valence-electron chi connectivity index (χ3n) is 5.42. The molecule has 1 unspecified atom stereocenters. The highest BCUT2D eigenvalue weighted by atomic mass is 32.1. The van der Waals surface area contributed by atoms with Crippen molar-refractivity contribution in [3.05, 3.63) is 40.6 Å². The fourth-order valence-corrected chi connectivity index (χ4v) is 4.74. The van der Waals surface area contributed by atoms with E-state index >= 15 is 0 Å². The number of amides is 1. The summed E-state index contributed by atoms with van der Waals surface area (Å²) >= 11 is 6.92. The molecule has 0 saturated heterocycles. The monoisotopic (exact) mass is 443 g/mol. The molecule has 1 fully saturated rings. The summed E-state index contributed by atoms with van der Waals surface area (Å²) in [7, 11) is 0. The number of anilines is 1. The molecule has 7 nitrogen and oxygen atoms in total. The number of nitrogens with zero attached hydrogens (tertiary/aromatic N) is 3. The topological polar surface area (TPSA) is 84.8 Å². The normalized spacial score (nSPS) is 15.6. The molecule has 4 rings (SSSR count). The van der Waals surface area contributed by atoms with Crippen molar-refractivity contribution in [2.75, 3.05) is 11.9 Å². The highest BCUT2D eigenvalue weighted by molar-refractivity contribution is 7.71. The predicted molar refractivity (Wildman–Crippen MR) is 120 cm³/mol. The number of aromatic amines is 1. The standard InChI is InChI=1S/C21H25N5O2S2/c1-14(26-19(24-25-21(26)29)17-10-6-12-30-17)20(27)23-18-16(9-5-11-22-18)28-13-15-7-3-2-4-8-15/h5-6,9-12,14-15H,2-4,7-8,13H2,1H3,(H,25,29)(H,22,23,27). The molecule has 0 aliphatic heterocycles. The van der Waals surface area contributed by atoms with Crippen molar-refractivity contribution >= 4 is 35.3 Å². The smallest absolute Gasteiger partial charge is 0.248 e. The van der Waals surface area contributed by atoms with Gasteiger partial charge in [0.1, 0.15) is 6.04 Å². The first kappa shape index (κ1) is 20.7. The number of carbonyl (C=O) groups is 1. The lowest BCUT2D eigenvalue weighted by molar-refractivity contribution is -0.118. The molecule has 0 aromatic carbocycles. The maximum atomic E-state index is 13.0. The Kier molecular flexibility index (Phi) is 6.59. The van der Waals surface area contributed by atoms with Gasteiger partial charge in [-0.05, 0) is 61.5 Å². The summed E-state index contributed by atoms with van der Waals surface area (Å²) in [5.74, 6) is 2.01. The molecule has 1 saturated carbocycles. The van der Waals surface area contributed by atoms with Crippen LogP contribution in [0.2, 0.25) is 0 Å². The van der Waals surface area contributed by atoms with E-state index in [0.29, 0.717) is 34.7 Å². The minimum absolute atomic E-state index is 0.230. The van der Waals surface area contributed by atoms with E-state index in [-0.39, 0.29) is 5.91 Å². The van der Waals surface area contributed by atoms with Gasteiger partial charge in [-0.2, -0.15) is 5.10 Å². The summed E-state index contributed by atoms with van der Waals surface area (Å²) in [4.78, 5) is 18.3. The molecule has 0 bridgehead atoms. The molecule has 0 spiro atoms. The summed E-state index contributed by atoms with van der Waals surface area (Å²) in [6.45, 7) is 2.45. The number of nitrogens with one attached hydrogen (secondary N) is 2. The van der Waals surface area contributed by atoms with E-state index in [4.69, 9.17) is 17.0 Å². The Hall–Kier alpha value is -2.52. The Morgan fingerprint density at radius 3 is 2.97 bits per heavy atom. The largest absolute Gasteiger partial charge is 0.489 e. The molecule has 1 amide bonds. The first-order valence-corrected chi connectivity index (χ1v) is 11.5. The zero-order chi connectivity index (χ0) is 20.9. The van der Waals surface area contributed by atoms with Crippen LogP contribution in [-0.4, -0.2) is 32.3 Å². The summed E-state index contributed by atoms with van der Waals surface area (Å²) in [5, 5.41) is 12.0. The number of pyridine rings is 1. The van der Waals surface area contributed by atoms with Gasteiger partial charge in [0.15, 0.2) is 22.2 Å². The Morgan fingerprint density at radius 2 is 2.20 bits per heavy atom. The lowest BCUT2D eigenvalue weighted by Crippen LogP contribution is -2.25. The van der Waals surface area contributed by atoms with E-state index in [1.54, 1.807) is 29.0 Å². The second-order valence-electron chi connectivity index (χ2n) is 7.53. The molecule has 1 aliphatic carbocycles. The molecule has 3 aromatic heterocycles. The second-order valence-corrected chi connectivity index (χ2v) is 8.86. The molecule has 9 heteroatoms. The van der Waals surface area contributed by atoms with Crippen LogP contribution < -0.4 is 10.1 Å². The summed E-state index contributed by atoms with van der Waals surface area (Å²) in [6.07, 6.45) is 7.88. The highest BCUT2D eigenvalue weighted by Gasteiger charge is 2.23. The summed E-state index contributed by atoms with van der Waals surface area (Å²) < 4.78 is 8.16. The van der Waals surface area contributed by atoms with Crippen LogP contribution in [0.5, 0.6) is 5.75 Å². The van der Waals surface area contributed by atoms with Gasteiger partial charge in [-0.15, -0.1) is 11.3 Å². The van der Waals surface area contributed by atoms with Crippen molar-refractivity contribution in [1.29, 1.82) is 0 Å². The molecule has 3 aromatic rings. The zero-order valence-corrected chi connectivity index (χ0v) is 18.5. The molecule has 1 atom stereocenters. The van der Waals surface area contributed by atoms with Gasteiger partial charge >= 0.3 is 0 Å². The van der Waals surface area contributed by atoms with Gasteiger partial charge in [0.05, 0.1) is 11.5 Å². The fraction of sp³-hybridized carbons (Fsp3) is 0.429. The Balaban J connectivity index is 1.48. The van der Waals surface area contributed by atoms with Gasteiger partial charge in [-0.1, -0.05) is 25.3 Å². The van der Waals surface area contributed by atoms with Crippen LogP contribution in [-0.2, 0) is 4.79 Å². The molecule has 3 heterocycles. The van der Waals surface area contributed by atoms with E-state index in [0.717, 1.165) is 4.88 Å². The molecule has 2 N–H and O–H groups in total. The van der Waals surface area contributed by atoms with E-state index in [1.807, 2.05) is 29.6 Å². The number of rotatable bonds is 7. The minimum Gasteiger partial charge on any atom is -0.489 e. The molecule has 0 radical (unpaired) electrons. The SMILES string of the molecule is CC(C(=O)Nc1ncccc1OCC1CCCCC1)n1c(-c2cccs2)n[nH]c1=S. The molecule has 158 valence electrons. The lowest BCUT2D eigenvalue weighted by atomic mass is 9.90. The third kappa shape index (κ3) is 4.62. The van der Waals surface area contributed by atoms with Crippen molar-refractivity contribution in [2.45, 2.75) is 45.1 Å². The van der Waals surface area contributed by atoms with Gasteiger partial charge < -0.3 is 10.1 Å². The fourth-order valence-electron chi connectivity index (χ4n) is 3.74. The first-order valence-electron chi connectivity index (χ1n) is 10.2. The van der Waals surface area contributed by atoms with Crippen LogP contribution in [0.4, 0.5) is 5.82 Å². The predicted octanol–water partition coefficient (Wildman–Crippen LogP) is 5.22. The first-order chi connectivity index (χ1) is 14.6. The average molecular weight is 444 g/mol. The van der Waals surface area contributed by atoms with E-state index in [2.05, 4.69) is 20.5 Å². The van der Waals surface area contributed by atoms with Crippen molar-refractivity contribution in [2.24, 2.45) is 5.92 Å². The van der Waals surface area contributed by atoms with Gasteiger partial charge in [0.2, 0.25) is 5.91 Å². The van der Waals surface area contributed by atoms with Crippen molar-refractivity contribution in [1.82, 2.24) is 19.7 Å². The number of aromatic nitrogens is 4.